The predicted molar refractivity (Wildman–Crippen MR) is 229 cm³/mol. The molecule has 4 fully saturated rings. The zero-order valence-corrected chi connectivity index (χ0v) is 37.7. The second-order valence-corrected chi connectivity index (χ2v) is 19.2. The molecule has 13 heteroatoms. The van der Waals surface area contributed by atoms with Gasteiger partial charge in [-0.1, -0.05) is 57.8 Å². The third kappa shape index (κ3) is 9.79. The van der Waals surface area contributed by atoms with Gasteiger partial charge in [0.25, 0.3) is 0 Å². The Hall–Kier alpha value is -3.39. The van der Waals surface area contributed by atoms with Gasteiger partial charge in [-0.25, -0.2) is 17.6 Å². The molecule has 4 aromatic rings. The number of aliphatic hydroxyl groups is 2. The van der Waals surface area contributed by atoms with E-state index in [2.05, 4.69) is 45.7 Å². The molecule has 0 spiro atoms. The molecule has 8 atom stereocenters. The van der Waals surface area contributed by atoms with E-state index in [9.17, 15) is 42.4 Å². The predicted octanol–water partition coefficient (Wildman–Crippen LogP) is 12.8. The summed E-state index contributed by atoms with van der Waals surface area (Å²) in [6.45, 7) is 9.26. The van der Waals surface area contributed by atoms with Crippen LogP contribution in [0.2, 0.25) is 0 Å². The summed E-state index contributed by atoms with van der Waals surface area (Å²) in [5.41, 5.74) is 2.83. The van der Waals surface area contributed by atoms with Crippen molar-refractivity contribution in [3.8, 4) is 23.0 Å². The van der Waals surface area contributed by atoms with Gasteiger partial charge in [-0.05, 0) is 173 Å². The summed E-state index contributed by atoms with van der Waals surface area (Å²) < 4.78 is 68.1. The van der Waals surface area contributed by atoms with Crippen LogP contribution >= 0.6 is 31.9 Å². The van der Waals surface area contributed by atoms with Gasteiger partial charge in [-0.2, -0.15) is 4.39 Å². The monoisotopic (exact) mass is 968 g/mol. The van der Waals surface area contributed by atoms with Crippen molar-refractivity contribution in [3.63, 3.8) is 0 Å². The van der Waals surface area contributed by atoms with Crippen LogP contribution in [-0.4, -0.2) is 42.8 Å². The van der Waals surface area contributed by atoms with Crippen molar-refractivity contribution >= 4 is 31.9 Å². The minimum Gasteiger partial charge on any atom is -0.505 e. The molecule has 0 aliphatic heterocycles. The average Bonchev–Trinajstić information content (AvgIpc) is 3.70. The van der Waals surface area contributed by atoms with Gasteiger partial charge in [0.15, 0.2) is 46.3 Å². The number of hydrogen-bond donors (Lipinski definition) is 6. The number of phenolic OH excluding ortho intramolecular Hbond substituents is 4. The number of halogens is 7. The summed E-state index contributed by atoms with van der Waals surface area (Å²) in [7, 11) is 0. The van der Waals surface area contributed by atoms with Gasteiger partial charge in [0.2, 0.25) is 5.82 Å². The molecular weight excluding hydrogens is 915 g/mol. The van der Waals surface area contributed by atoms with Crippen molar-refractivity contribution in [1.29, 1.82) is 0 Å². The smallest absolute Gasteiger partial charge is 0.200 e. The molecule has 0 unspecified atom stereocenters. The highest BCUT2D eigenvalue weighted by Crippen LogP contribution is 2.57. The second kappa shape index (κ2) is 19.3. The lowest BCUT2D eigenvalue weighted by Crippen LogP contribution is -2.37. The van der Waals surface area contributed by atoms with Gasteiger partial charge in [0.1, 0.15) is 0 Å². The number of fused-ring (bicyclic) bond motifs is 2. The molecular formula is C47H55Br2F5O6. The van der Waals surface area contributed by atoms with E-state index in [1.165, 1.54) is 30.3 Å². The van der Waals surface area contributed by atoms with Crippen molar-refractivity contribution in [2.24, 2.45) is 22.7 Å². The minimum atomic E-state index is -1.15. The summed E-state index contributed by atoms with van der Waals surface area (Å²) in [6.07, 6.45) is 8.70. The van der Waals surface area contributed by atoms with E-state index in [0.717, 1.165) is 69.8 Å². The quantitative estimate of drug-likeness (QED) is 0.111. The van der Waals surface area contributed by atoms with Crippen molar-refractivity contribution in [2.75, 3.05) is 0 Å². The summed E-state index contributed by atoms with van der Waals surface area (Å²) >= 11 is 6.26. The molecule has 6 nitrogen and oxygen atoms in total. The molecule has 0 heterocycles. The Kier molecular flexibility index (Phi) is 15.4. The maximum atomic E-state index is 14.0. The average molecular weight is 971 g/mol. The topological polar surface area (TPSA) is 121 Å². The number of benzene rings is 4. The lowest BCUT2D eigenvalue weighted by atomic mass is 9.64. The van der Waals surface area contributed by atoms with Gasteiger partial charge in [0.05, 0.1) is 12.2 Å². The highest BCUT2D eigenvalue weighted by molar-refractivity contribution is 9.10. The lowest BCUT2D eigenvalue weighted by molar-refractivity contribution is 0.00837. The van der Waals surface area contributed by atoms with E-state index >= 15 is 0 Å². The van der Waals surface area contributed by atoms with E-state index < -0.39 is 34.8 Å². The molecule has 4 aliphatic carbocycles. The first kappa shape index (κ1) is 47.7. The van der Waals surface area contributed by atoms with Gasteiger partial charge in [-0.15, -0.1) is 0 Å². The largest absolute Gasteiger partial charge is 0.505 e. The molecule has 60 heavy (non-hydrogen) atoms. The Morgan fingerprint density at radius 2 is 0.817 bits per heavy atom. The standard InChI is InChI=1S/C17H23FO2.C16H20F2O2.2C7H6BrFO/c1-10-13(4-5-14(19)16(10)18)11-7-8-17(2)12(9-11)3-6-15(17)20;1-16-7-6-9(8-10(16)2-5-13(16)20)11-3-4-12(19)15(18)14(11)17;2*1-4-5(8)2-3-6(10)7(4)9/h4-5,11-12,15,19-20H,3,6-9H2,1-2H3;3-4,9-10,13,19-20H,2,5-8H2,1H3;2*2-3,10H,1H3/t11-,12+,15-,17-;9-,10+,13-,16-;;/m00../s1. The van der Waals surface area contributed by atoms with Crippen LogP contribution in [0, 0.1) is 72.5 Å². The molecule has 0 bridgehead atoms. The Bertz CT molecular complexity index is 1970. The van der Waals surface area contributed by atoms with Crippen molar-refractivity contribution < 1.29 is 52.6 Å². The number of phenols is 4. The van der Waals surface area contributed by atoms with Gasteiger partial charge >= 0.3 is 0 Å². The zero-order chi connectivity index (χ0) is 44.4. The first-order valence-electron chi connectivity index (χ1n) is 20.4. The normalized spacial score (nSPS) is 27.9. The van der Waals surface area contributed by atoms with Crippen molar-refractivity contribution in [2.45, 2.75) is 123 Å². The van der Waals surface area contributed by atoms with Crippen molar-refractivity contribution in [3.05, 3.63) is 114 Å². The molecule has 6 N–H and O–H groups in total. The molecule has 328 valence electrons. The van der Waals surface area contributed by atoms with Crippen LogP contribution in [0.1, 0.15) is 118 Å². The molecule has 0 radical (unpaired) electrons. The first-order valence-corrected chi connectivity index (χ1v) is 22.0. The molecule has 4 aliphatic rings. The van der Waals surface area contributed by atoms with Crippen LogP contribution in [-0.2, 0) is 0 Å². The summed E-state index contributed by atoms with van der Waals surface area (Å²) in [4.78, 5) is 0. The molecule has 0 saturated heterocycles. The summed E-state index contributed by atoms with van der Waals surface area (Å²) in [5, 5.41) is 56.6. The fourth-order valence-electron chi connectivity index (χ4n) is 9.85. The zero-order valence-electron chi connectivity index (χ0n) is 34.5. The van der Waals surface area contributed by atoms with Crippen molar-refractivity contribution in [1.82, 2.24) is 0 Å². The van der Waals surface area contributed by atoms with Crippen LogP contribution in [0.4, 0.5) is 22.0 Å². The Morgan fingerprint density at radius 3 is 1.23 bits per heavy atom. The van der Waals surface area contributed by atoms with E-state index in [1.54, 1.807) is 32.9 Å². The van der Waals surface area contributed by atoms with Gasteiger partial charge in [0, 0.05) is 20.1 Å². The number of aromatic hydroxyl groups is 4. The summed E-state index contributed by atoms with van der Waals surface area (Å²) in [6, 6.07) is 11.9. The van der Waals surface area contributed by atoms with E-state index in [-0.39, 0.29) is 46.2 Å². The Balaban J connectivity index is 0.000000160. The SMILES string of the molecule is C[C@]12CC[C@H](c3ccc(O)c(F)c3F)C[C@H]1CC[C@@H]2O.Cc1c(Br)ccc(O)c1F.Cc1c(Br)ccc(O)c1F.Cc1c([C@H]2CC[C@@]3(C)[C@H](CC[C@@H]3O)C2)ccc(O)c1F. The van der Waals surface area contributed by atoms with Crippen LogP contribution in [0.15, 0.2) is 57.5 Å². The highest BCUT2D eigenvalue weighted by atomic mass is 79.9. The van der Waals surface area contributed by atoms with Crippen LogP contribution < -0.4 is 0 Å². The van der Waals surface area contributed by atoms with Gasteiger partial charge in [-0.3, -0.25) is 0 Å². The molecule has 4 saturated carbocycles. The van der Waals surface area contributed by atoms with Crippen LogP contribution in [0.5, 0.6) is 23.0 Å². The van der Waals surface area contributed by atoms with Crippen LogP contribution in [0.25, 0.3) is 0 Å². The third-order valence-corrected chi connectivity index (χ3v) is 15.9. The van der Waals surface area contributed by atoms with E-state index in [4.69, 9.17) is 10.2 Å². The van der Waals surface area contributed by atoms with E-state index in [1.807, 2.05) is 6.07 Å². The van der Waals surface area contributed by atoms with Gasteiger partial charge < -0.3 is 30.6 Å². The first-order chi connectivity index (χ1) is 28.1. The third-order valence-electron chi connectivity index (χ3n) is 14.1. The number of rotatable bonds is 2. The fourth-order valence-corrected chi connectivity index (χ4v) is 10.5. The fraction of sp³-hybridized carbons (Fsp3) is 0.489. The molecule has 8 rings (SSSR count). The van der Waals surface area contributed by atoms with Crippen LogP contribution in [0.3, 0.4) is 0 Å². The maximum absolute atomic E-state index is 14.0. The molecule has 4 aromatic carbocycles. The maximum Gasteiger partial charge on any atom is 0.200 e. The highest BCUT2D eigenvalue weighted by Gasteiger charge is 2.50. The molecule has 0 aromatic heterocycles. The molecule has 0 amide bonds. The number of hydrogen-bond acceptors (Lipinski definition) is 6. The van der Waals surface area contributed by atoms with E-state index in [0.29, 0.717) is 49.0 Å². The lowest BCUT2D eigenvalue weighted by Gasteiger charge is -2.42. The second-order valence-electron chi connectivity index (χ2n) is 17.5. The Labute approximate surface area is 365 Å². The summed E-state index contributed by atoms with van der Waals surface area (Å²) in [5.74, 6) is -3.94. The Morgan fingerprint density at radius 1 is 0.467 bits per heavy atom. The minimum absolute atomic E-state index is 0.0199. The number of aliphatic hydroxyl groups excluding tert-OH is 2.